The summed E-state index contributed by atoms with van der Waals surface area (Å²) in [6.07, 6.45) is 1.58. The van der Waals surface area contributed by atoms with Crippen LogP contribution in [0.3, 0.4) is 0 Å². The van der Waals surface area contributed by atoms with E-state index in [2.05, 4.69) is 0 Å². The van der Waals surface area contributed by atoms with Gasteiger partial charge in [-0.15, -0.1) is 0 Å². The molecule has 0 aliphatic carbocycles. The third-order valence-corrected chi connectivity index (χ3v) is 1.99. The number of rotatable bonds is 1. The topological polar surface area (TPSA) is 37.4 Å². The lowest BCUT2D eigenvalue weighted by Crippen LogP contribution is -2.34. The van der Waals surface area contributed by atoms with Gasteiger partial charge >= 0.3 is 0 Å². The van der Waals surface area contributed by atoms with Crippen molar-refractivity contribution in [2.45, 2.75) is 20.3 Å². The molecule has 0 aromatic carbocycles. The van der Waals surface area contributed by atoms with Crippen LogP contribution in [0.2, 0.25) is 0 Å². The average molecular weight is 167 g/mol. The fourth-order valence-corrected chi connectivity index (χ4v) is 1.28. The van der Waals surface area contributed by atoms with Crippen LogP contribution in [0.5, 0.6) is 0 Å². The Morgan fingerprint density at radius 3 is 2.50 bits per heavy atom. The fourth-order valence-electron chi connectivity index (χ4n) is 1.28. The maximum Gasteiger partial charge on any atom is 0.234 e. The van der Waals surface area contributed by atoms with Crippen molar-refractivity contribution in [1.82, 2.24) is 4.90 Å². The number of carbonyl (C=O) groups is 2. The van der Waals surface area contributed by atoms with Crippen LogP contribution in [0.25, 0.3) is 0 Å². The number of hydrogen-bond acceptors (Lipinski definition) is 2. The van der Waals surface area contributed by atoms with E-state index in [-0.39, 0.29) is 24.0 Å². The minimum atomic E-state index is -0.105. The molecule has 1 heterocycles. The first kappa shape index (κ1) is 8.97. The van der Waals surface area contributed by atoms with Gasteiger partial charge < -0.3 is 4.90 Å². The SMILES string of the molecule is CC(C)C1=CC(=O)CC(=O)N1C. The summed E-state index contributed by atoms with van der Waals surface area (Å²) in [5, 5.41) is 0. The lowest BCUT2D eigenvalue weighted by atomic mass is 10.0. The molecule has 0 spiro atoms. The van der Waals surface area contributed by atoms with Crippen molar-refractivity contribution in [3.63, 3.8) is 0 Å². The van der Waals surface area contributed by atoms with E-state index < -0.39 is 0 Å². The van der Waals surface area contributed by atoms with Crippen LogP contribution < -0.4 is 0 Å². The molecule has 0 atom stereocenters. The van der Waals surface area contributed by atoms with E-state index in [0.717, 1.165) is 5.70 Å². The fraction of sp³-hybridized carbons (Fsp3) is 0.556. The van der Waals surface area contributed by atoms with E-state index in [1.807, 2.05) is 13.8 Å². The number of nitrogens with zero attached hydrogens (tertiary/aromatic N) is 1. The van der Waals surface area contributed by atoms with Crippen LogP contribution in [-0.2, 0) is 9.59 Å². The van der Waals surface area contributed by atoms with Gasteiger partial charge in [-0.3, -0.25) is 9.59 Å². The molecule has 12 heavy (non-hydrogen) atoms. The van der Waals surface area contributed by atoms with Gasteiger partial charge in [-0.1, -0.05) is 13.8 Å². The summed E-state index contributed by atoms with van der Waals surface area (Å²) in [5.41, 5.74) is 0.816. The molecular weight excluding hydrogens is 154 g/mol. The summed E-state index contributed by atoms with van der Waals surface area (Å²) < 4.78 is 0. The van der Waals surface area contributed by atoms with Crippen molar-refractivity contribution in [2.24, 2.45) is 5.92 Å². The smallest absolute Gasteiger partial charge is 0.234 e. The van der Waals surface area contributed by atoms with Crippen LogP contribution >= 0.6 is 0 Å². The zero-order valence-corrected chi connectivity index (χ0v) is 7.63. The molecular formula is C9H13NO2. The molecule has 0 aromatic heterocycles. The second-order valence-corrected chi connectivity index (χ2v) is 3.32. The molecule has 0 aromatic rings. The summed E-state index contributed by atoms with van der Waals surface area (Å²) in [6, 6.07) is 0. The Hall–Kier alpha value is -1.12. The summed E-state index contributed by atoms with van der Waals surface area (Å²) in [5.74, 6) is 0.0381. The van der Waals surface area contributed by atoms with Crippen LogP contribution in [-0.4, -0.2) is 23.6 Å². The van der Waals surface area contributed by atoms with Gasteiger partial charge in [0.05, 0.1) is 6.42 Å². The molecule has 3 heteroatoms. The van der Waals surface area contributed by atoms with Crippen molar-refractivity contribution in [1.29, 1.82) is 0 Å². The highest BCUT2D eigenvalue weighted by molar-refractivity contribution is 6.07. The summed E-state index contributed by atoms with van der Waals surface area (Å²) in [7, 11) is 1.71. The Kier molecular flexibility index (Phi) is 2.31. The van der Waals surface area contributed by atoms with Gasteiger partial charge in [0, 0.05) is 18.8 Å². The zero-order valence-electron chi connectivity index (χ0n) is 7.63. The molecule has 0 radical (unpaired) electrons. The Bertz CT molecular complexity index is 253. The third kappa shape index (κ3) is 1.55. The normalized spacial score (nSPS) is 18.7. The van der Waals surface area contributed by atoms with Crippen molar-refractivity contribution in [2.75, 3.05) is 7.05 Å². The predicted molar refractivity (Wildman–Crippen MR) is 45.3 cm³/mol. The Morgan fingerprint density at radius 1 is 1.42 bits per heavy atom. The van der Waals surface area contributed by atoms with Crippen LogP contribution in [0.4, 0.5) is 0 Å². The minimum Gasteiger partial charge on any atom is -0.318 e. The lowest BCUT2D eigenvalue weighted by Gasteiger charge is -2.26. The van der Waals surface area contributed by atoms with Gasteiger partial charge in [0.25, 0.3) is 0 Å². The predicted octanol–water partition coefficient (Wildman–Crippen LogP) is 0.958. The number of carbonyl (C=O) groups excluding carboxylic acids is 2. The highest BCUT2D eigenvalue weighted by Gasteiger charge is 2.23. The molecule has 66 valence electrons. The van der Waals surface area contributed by atoms with Crippen molar-refractivity contribution in [3.05, 3.63) is 11.8 Å². The van der Waals surface area contributed by atoms with Crippen molar-refractivity contribution < 1.29 is 9.59 Å². The van der Waals surface area contributed by atoms with Crippen LogP contribution in [0.15, 0.2) is 11.8 Å². The van der Waals surface area contributed by atoms with E-state index in [0.29, 0.717) is 0 Å². The van der Waals surface area contributed by atoms with Gasteiger partial charge in [0.2, 0.25) is 5.91 Å². The van der Waals surface area contributed by atoms with E-state index in [9.17, 15) is 9.59 Å². The number of allylic oxidation sites excluding steroid dienone is 2. The molecule has 0 N–H and O–H groups in total. The average Bonchev–Trinajstić information content (AvgIpc) is 1.96. The molecule has 1 rings (SSSR count). The van der Waals surface area contributed by atoms with Crippen LogP contribution in [0.1, 0.15) is 20.3 Å². The Balaban J connectivity index is 2.96. The Morgan fingerprint density at radius 2 is 2.00 bits per heavy atom. The number of hydrogen-bond donors (Lipinski definition) is 0. The summed E-state index contributed by atoms with van der Waals surface area (Å²) in [4.78, 5) is 23.8. The van der Waals surface area contributed by atoms with Gasteiger partial charge in [0.15, 0.2) is 5.78 Å². The van der Waals surface area contributed by atoms with Gasteiger partial charge in [0.1, 0.15) is 0 Å². The van der Waals surface area contributed by atoms with Gasteiger partial charge in [-0.2, -0.15) is 0 Å². The maximum atomic E-state index is 11.2. The minimum absolute atomic E-state index is 0.0206. The molecule has 1 amide bonds. The monoisotopic (exact) mass is 167 g/mol. The van der Waals surface area contributed by atoms with Crippen molar-refractivity contribution >= 4 is 11.7 Å². The first-order chi connectivity index (χ1) is 5.52. The lowest BCUT2D eigenvalue weighted by molar-refractivity contribution is -0.133. The second-order valence-electron chi connectivity index (χ2n) is 3.32. The highest BCUT2D eigenvalue weighted by atomic mass is 16.2. The second kappa shape index (κ2) is 3.09. The van der Waals surface area contributed by atoms with E-state index in [1.165, 1.54) is 0 Å². The first-order valence-electron chi connectivity index (χ1n) is 4.03. The van der Waals surface area contributed by atoms with E-state index >= 15 is 0 Å². The highest BCUT2D eigenvalue weighted by Crippen LogP contribution is 2.18. The molecule has 0 saturated heterocycles. The first-order valence-corrected chi connectivity index (χ1v) is 4.03. The quantitative estimate of drug-likeness (QED) is 0.545. The third-order valence-electron chi connectivity index (χ3n) is 1.99. The molecule has 0 fully saturated rings. The van der Waals surface area contributed by atoms with Gasteiger partial charge in [-0.25, -0.2) is 0 Å². The molecule has 0 bridgehead atoms. The van der Waals surface area contributed by atoms with E-state index in [1.54, 1.807) is 18.0 Å². The molecule has 0 unspecified atom stereocenters. The molecule has 0 saturated carbocycles. The zero-order chi connectivity index (χ0) is 9.30. The summed E-state index contributed by atoms with van der Waals surface area (Å²) in [6.45, 7) is 3.93. The maximum absolute atomic E-state index is 11.2. The summed E-state index contributed by atoms with van der Waals surface area (Å²) >= 11 is 0. The number of amides is 1. The molecule has 1 aliphatic rings. The molecule has 1 aliphatic heterocycles. The Labute approximate surface area is 72.0 Å². The number of ketones is 1. The molecule has 3 nitrogen and oxygen atoms in total. The van der Waals surface area contributed by atoms with Crippen LogP contribution in [0, 0.1) is 5.92 Å². The van der Waals surface area contributed by atoms with E-state index in [4.69, 9.17) is 0 Å². The van der Waals surface area contributed by atoms with Crippen molar-refractivity contribution in [3.8, 4) is 0 Å². The standard InChI is InChI=1S/C9H13NO2/c1-6(2)8-4-7(11)5-9(12)10(8)3/h4,6H,5H2,1-3H3. The van der Waals surface area contributed by atoms with Gasteiger partial charge in [-0.05, 0) is 5.92 Å². The largest absolute Gasteiger partial charge is 0.318 e.